The zero-order valence-corrected chi connectivity index (χ0v) is 24.2. The molecule has 0 N–H and O–H groups in total. The Hall–Kier alpha value is -2.86. The van der Waals surface area contributed by atoms with Crippen LogP contribution in [0, 0.1) is 14.9 Å². The highest BCUT2D eigenvalue weighted by atomic mass is 127. The largest absolute Gasteiger partial charge is 0.477 e. The number of fused-ring (bicyclic) bond motifs is 1. The minimum absolute atomic E-state index is 0.000721. The molecule has 202 valence electrons. The minimum Gasteiger partial charge on any atom is -0.477 e. The highest BCUT2D eigenvalue weighted by Crippen LogP contribution is 2.38. The standard InChI is InChI=1S/C25H15Cl2F3IN3O4S/c1-2-37-23(36)18-19(12-3-5-14(26)6-4-12)34-22(35)17(39-24(34)33-21(18)25(28,29)30)10-13-9-15(27)11-16(31)20(13)38-8-7-32/h3-6,9-11,19H,2,8H2,1H3/b17-10-/t19-/m1/s1. The molecule has 0 spiro atoms. The molecule has 14 heteroatoms. The number of hydrogen-bond acceptors (Lipinski definition) is 7. The van der Waals surface area contributed by atoms with Crippen molar-refractivity contribution in [1.29, 1.82) is 5.26 Å². The number of aromatic nitrogens is 1. The Bertz CT molecular complexity index is 1710. The van der Waals surface area contributed by atoms with Crippen molar-refractivity contribution in [1.82, 2.24) is 4.57 Å². The van der Waals surface area contributed by atoms with E-state index in [9.17, 15) is 22.8 Å². The number of ether oxygens (including phenoxy) is 2. The number of halogens is 6. The van der Waals surface area contributed by atoms with Gasteiger partial charge in [-0.25, -0.2) is 9.79 Å². The van der Waals surface area contributed by atoms with Crippen LogP contribution in [0.15, 0.2) is 57.5 Å². The van der Waals surface area contributed by atoms with E-state index in [1.165, 1.54) is 43.3 Å². The van der Waals surface area contributed by atoms with E-state index in [4.69, 9.17) is 37.9 Å². The molecule has 4 rings (SSSR count). The quantitative estimate of drug-likeness (QED) is 0.261. The topological polar surface area (TPSA) is 93.7 Å². The van der Waals surface area contributed by atoms with Crippen molar-refractivity contribution in [3.05, 3.63) is 92.1 Å². The Morgan fingerprint density at radius 3 is 2.56 bits per heavy atom. The molecule has 2 heterocycles. The van der Waals surface area contributed by atoms with E-state index < -0.39 is 35.0 Å². The Morgan fingerprint density at radius 1 is 1.26 bits per heavy atom. The highest BCUT2D eigenvalue weighted by molar-refractivity contribution is 14.1. The number of hydrogen-bond donors (Lipinski definition) is 0. The summed E-state index contributed by atoms with van der Waals surface area (Å²) >= 11 is 14.8. The van der Waals surface area contributed by atoms with Gasteiger partial charge in [-0.05, 0) is 65.4 Å². The van der Waals surface area contributed by atoms with Gasteiger partial charge < -0.3 is 9.47 Å². The smallest absolute Gasteiger partial charge is 0.434 e. The van der Waals surface area contributed by atoms with Crippen LogP contribution >= 0.6 is 57.1 Å². The second-order valence-electron chi connectivity index (χ2n) is 7.87. The molecule has 0 saturated heterocycles. The van der Waals surface area contributed by atoms with Crippen molar-refractivity contribution in [3.63, 3.8) is 0 Å². The molecule has 1 aromatic heterocycles. The average molecular weight is 708 g/mol. The lowest BCUT2D eigenvalue weighted by molar-refractivity contribution is -0.140. The minimum atomic E-state index is -5.02. The number of nitriles is 1. The molecule has 0 bridgehead atoms. The maximum atomic E-state index is 14.2. The molecule has 3 aromatic rings. The molecule has 1 aliphatic rings. The van der Waals surface area contributed by atoms with Crippen LogP contribution in [-0.2, 0) is 9.53 Å². The maximum absolute atomic E-state index is 14.2. The van der Waals surface area contributed by atoms with Gasteiger partial charge in [-0.3, -0.25) is 9.36 Å². The molecule has 7 nitrogen and oxygen atoms in total. The lowest BCUT2D eigenvalue weighted by atomic mass is 9.95. The maximum Gasteiger partial charge on any atom is 0.434 e. The second kappa shape index (κ2) is 11.7. The van der Waals surface area contributed by atoms with Crippen molar-refractivity contribution >= 4 is 69.2 Å². The van der Waals surface area contributed by atoms with Crippen LogP contribution in [0.5, 0.6) is 5.75 Å². The van der Waals surface area contributed by atoms with Crippen molar-refractivity contribution < 1.29 is 27.4 Å². The molecule has 0 radical (unpaired) electrons. The summed E-state index contributed by atoms with van der Waals surface area (Å²) in [6.07, 6.45) is -3.63. The van der Waals surface area contributed by atoms with E-state index in [0.29, 0.717) is 30.5 Å². The molecule has 1 atom stereocenters. The summed E-state index contributed by atoms with van der Waals surface area (Å²) in [5, 5.41) is 9.56. The van der Waals surface area contributed by atoms with Crippen molar-refractivity contribution in [2.45, 2.75) is 19.1 Å². The van der Waals surface area contributed by atoms with E-state index in [0.717, 1.165) is 4.57 Å². The van der Waals surface area contributed by atoms with Crippen LogP contribution in [0.3, 0.4) is 0 Å². The molecule has 0 fully saturated rings. The van der Waals surface area contributed by atoms with Gasteiger partial charge in [-0.15, -0.1) is 0 Å². The van der Waals surface area contributed by atoms with E-state index in [1.807, 2.05) is 28.7 Å². The number of rotatable bonds is 6. The molecule has 0 unspecified atom stereocenters. The summed E-state index contributed by atoms with van der Waals surface area (Å²) in [5.41, 5.74) is -2.45. The van der Waals surface area contributed by atoms with Crippen LogP contribution in [0.25, 0.3) is 6.08 Å². The summed E-state index contributed by atoms with van der Waals surface area (Å²) in [6, 6.07) is 9.18. The SMILES string of the molecule is CCOC(=O)C1=C(C(F)(F)F)N=c2s/c(=C\c3cc(Cl)cc(I)c3OCC#N)c(=O)n2[C@@H]1c1ccc(Cl)cc1. The molecule has 0 amide bonds. The number of benzene rings is 2. The first-order chi connectivity index (χ1) is 18.5. The Labute approximate surface area is 246 Å². The molecular weight excluding hydrogens is 693 g/mol. The Kier molecular flexibility index (Phi) is 8.75. The summed E-state index contributed by atoms with van der Waals surface area (Å²) in [7, 11) is 0. The molecule has 2 aromatic carbocycles. The van der Waals surface area contributed by atoms with Gasteiger partial charge in [-0.1, -0.05) is 46.7 Å². The third-order valence-electron chi connectivity index (χ3n) is 5.39. The third kappa shape index (κ3) is 6.01. The summed E-state index contributed by atoms with van der Waals surface area (Å²) in [5.74, 6) is -0.982. The number of allylic oxidation sites excluding steroid dienone is 1. The molecule has 39 heavy (non-hydrogen) atoms. The average Bonchev–Trinajstić information content (AvgIpc) is 3.17. The van der Waals surface area contributed by atoms with Gasteiger partial charge in [0.25, 0.3) is 5.56 Å². The van der Waals surface area contributed by atoms with Gasteiger partial charge in [0.1, 0.15) is 11.8 Å². The zero-order chi connectivity index (χ0) is 28.5. The molecule has 1 aliphatic heterocycles. The predicted molar refractivity (Wildman–Crippen MR) is 148 cm³/mol. The van der Waals surface area contributed by atoms with E-state index >= 15 is 0 Å². The fourth-order valence-corrected chi connectivity index (χ4v) is 6.22. The van der Waals surface area contributed by atoms with Gasteiger partial charge in [0.2, 0.25) is 0 Å². The number of carbonyl (C=O) groups is 1. The molecular formula is C25H15Cl2F3IN3O4S. The fraction of sp³-hybridized carbons (Fsp3) is 0.200. The number of thiazole rings is 1. The van der Waals surface area contributed by atoms with Crippen LogP contribution in [0.4, 0.5) is 13.2 Å². The molecule has 0 saturated carbocycles. The Balaban J connectivity index is 2.05. The Morgan fingerprint density at radius 2 is 1.95 bits per heavy atom. The van der Waals surface area contributed by atoms with Crippen molar-refractivity contribution in [2.75, 3.05) is 13.2 Å². The van der Waals surface area contributed by atoms with Gasteiger partial charge in [0.15, 0.2) is 17.1 Å². The summed E-state index contributed by atoms with van der Waals surface area (Å²) < 4.78 is 54.7. The van der Waals surface area contributed by atoms with Crippen molar-refractivity contribution in [2.24, 2.45) is 4.99 Å². The van der Waals surface area contributed by atoms with Crippen molar-refractivity contribution in [3.8, 4) is 11.8 Å². The van der Waals surface area contributed by atoms with E-state index in [1.54, 1.807) is 6.07 Å². The van der Waals surface area contributed by atoms with E-state index in [2.05, 4.69) is 4.99 Å². The predicted octanol–water partition coefficient (Wildman–Crippen LogP) is 5.15. The second-order valence-corrected chi connectivity index (χ2v) is 10.9. The molecule has 0 aliphatic carbocycles. The van der Waals surface area contributed by atoms with Gasteiger partial charge in [-0.2, -0.15) is 18.4 Å². The van der Waals surface area contributed by atoms with Crippen LogP contribution in [0.2, 0.25) is 10.0 Å². The first-order valence-electron chi connectivity index (χ1n) is 11.0. The normalized spacial score (nSPS) is 15.4. The fourth-order valence-electron chi connectivity index (χ4n) is 3.89. The van der Waals surface area contributed by atoms with Crippen LogP contribution < -0.4 is 19.6 Å². The number of alkyl halides is 3. The highest BCUT2D eigenvalue weighted by Gasteiger charge is 2.45. The first-order valence-corrected chi connectivity index (χ1v) is 13.7. The van der Waals surface area contributed by atoms with Crippen LogP contribution in [-0.4, -0.2) is 29.9 Å². The lowest BCUT2D eigenvalue weighted by Crippen LogP contribution is -2.41. The van der Waals surface area contributed by atoms with Gasteiger partial charge >= 0.3 is 12.1 Å². The lowest BCUT2D eigenvalue weighted by Gasteiger charge is -2.26. The summed E-state index contributed by atoms with van der Waals surface area (Å²) in [4.78, 5) is 30.1. The number of carbonyl (C=O) groups excluding carboxylic acids is 1. The summed E-state index contributed by atoms with van der Waals surface area (Å²) in [6.45, 7) is 0.981. The number of nitrogens with zero attached hydrogens (tertiary/aromatic N) is 3. The van der Waals surface area contributed by atoms with Gasteiger partial charge in [0.05, 0.1) is 26.3 Å². The third-order valence-corrected chi connectivity index (χ3v) is 7.64. The number of esters is 1. The van der Waals surface area contributed by atoms with Gasteiger partial charge in [0, 0.05) is 15.6 Å². The monoisotopic (exact) mass is 707 g/mol. The first kappa shape index (κ1) is 29.1. The van der Waals surface area contributed by atoms with Crippen LogP contribution in [0.1, 0.15) is 24.1 Å². The zero-order valence-electron chi connectivity index (χ0n) is 19.7. The van der Waals surface area contributed by atoms with E-state index in [-0.39, 0.29) is 33.9 Å².